The molecular formula is C29H24ClF6NO5. The van der Waals surface area contributed by atoms with Gasteiger partial charge in [0.05, 0.1) is 23.3 Å². The molecule has 0 spiro atoms. The second kappa shape index (κ2) is 11.4. The molecule has 1 atom stereocenters. The van der Waals surface area contributed by atoms with Crippen molar-refractivity contribution >= 4 is 28.5 Å². The van der Waals surface area contributed by atoms with E-state index in [1.165, 1.54) is 10.6 Å². The molecule has 0 fully saturated rings. The Bertz CT molecular complexity index is 1580. The van der Waals surface area contributed by atoms with Crippen molar-refractivity contribution in [2.75, 3.05) is 6.61 Å². The molecule has 1 unspecified atom stereocenters. The van der Waals surface area contributed by atoms with Gasteiger partial charge in [-0.3, -0.25) is 0 Å². The minimum Gasteiger partial charge on any atom is -0.491 e. The lowest BCUT2D eigenvalue weighted by molar-refractivity contribution is -0.274. The van der Waals surface area contributed by atoms with Gasteiger partial charge in [0.25, 0.3) is 0 Å². The molecule has 1 N–H and O–H groups in total. The first-order valence-corrected chi connectivity index (χ1v) is 12.9. The zero-order chi connectivity index (χ0) is 31.0. The summed E-state index contributed by atoms with van der Waals surface area (Å²) in [6, 6.07) is 12.4. The van der Waals surface area contributed by atoms with Crippen molar-refractivity contribution < 1.29 is 50.5 Å². The minimum absolute atomic E-state index is 0.00895. The Morgan fingerprint density at radius 2 is 1.48 bits per heavy atom. The fourth-order valence-electron chi connectivity index (χ4n) is 4.46. The van der Waals surface area contributed by atoms with Crippen molar-refractivity contribution in [3.63, 3.8) is 0 Å². The molecule has 6 nitrogen and oxygen atoms in total. The van der Waals surface area contributed by atoms with E-state index in [1.807, 2.05) is 13.8 Å². The van der Waals surface area contributed by atoms with Crippen LogP contribution in [0.1, 0.15) is 42.4 Å². The van der Waals surface area contributed by atoms with E-state index >= 15 is 0 Å². The molecule has 0 aliphatic carbocycles. The number of fused-ring (bicyclic) bond motifs is 1. The topological polar surface area (TPSA) is 69.9 Å². The Morgan fingerprint density at radius 3 is 2.00 bits per heavy atom. The number of nitrogens with zero attached hydrogens (tertiary/aromatic N) is 1. The number of halogens is 7. The summed E-state index contributed by atoms with van der Waals surface area (Å²) in [5, 5.41) is 10.9. The maximum atomic E-state index is 14.5. The number of carbonyl (C=O) groups excluding carboxylic acids is 1. The van der Waals surface area contributed by atoms with E-state index in [4.69, 9.17) is 21.1 Å². The Morgan fingerprint density at radius 1 is 0.905 bits per heavy atom. The zero-order valence-corrected chi connectivity index (χ0v) is 23.1. The molecule has 1 heterocycles. The van der Waals surface area contributed by atoms with Crippen LogP contribution in [0.25, 0.3) is 16.6 Å². The highest BCUT2D eigenvalue weighted by atomic mass is 35.5. The van der Waals surface area contributed by atoms with Crippen LogP contribution in [0.3, 0.4) is 0 Å². The van der Waals surface area contributed by atoms with Gasteiger partial charge in [-0.1, -0.05) is 29.8 Å². The maximum Gasteiger partial charge on any atom is 0.573 e. The lowest BCUT2D eigenvalue weighted by Crippen LogP contribution is -2.43. The largest absolute Gasteiger partial charge is 0.573 e. The van der Waals surface area contributed by atoms with Crippen LogP contribution in [0.4, 0.5) is 26.3 Å². The fourth-order valence-corrected chi connectivity index (χ4v) is 4.78. The Hall–Kier alpha value is -3.90. The van der Waals surface area contributed by atoms with E-state index in [0.29, 0.717) is 35.7 Å². The summed E-state index contributed by atoms with van der Waals surface area (Å²) < 4.78 is 97.0. The molecule has 0 saturated heterocycles. The molecule has 0 bridgehead atoms. The number of aromatic nitrogens is 1. The quantitative estimate of drug-likeness (QED) is 0.161. The molecule has 1 aromatic heterocycles. The van der Waals surface area contributed by atoms with Gasteiger partial charge in [0.2, 0.25) is 5.60 Å². The average molecular weight is 616 g/mol. The van der Waals surface area contributed by atoms with Crippen LogP contribution in [0.15, 0.2) is 66.7 Å². The molecule has 0 aliphatic rings. The van der Waals surface area contributed by atoms with Gasteiger partial charge in [-0.2, -0.15) is 13.2 Å². The highest BCUT2D eigenvalue weighted by Crippen LogP contribution is 2.46. The van der Waals surface area contributed by atoms with E-state index in [9.17, 15) is 36.2 Å². The van der Waals surface area contributed by atoms with Gasteiger partial charge in [-0.25, -0.2) is 4.79 Å². The second-order valence-corrected chi connectivity index (χ2v) is 9.77. The van der Waals surface area contributed by atoms with Gasteiger partial charge in [-0.15, -0.1) is 13.2 Å². The van der Waals surface area contributed by atoms with Crippen LogP contribution in [-0.4, -0.2) is 40.9 Å². The summed E-state index contributed by atoms with van der Waals surface area (Å²) in [5.41, 5.74) is -4.64. The summed E-state index contributed by atoms with van der Waals surface area (Å²) in [7, 11) is 0. The summed E-state index contributed by atoms with van der Waals surface area (Å²) in [6.07, 6.45) is -10.5. The first-order valence-electron chi connectivity index (χ1n) is 12.5. The van der Waals surface area contributed by atoms with Crippen molar-refractivity contribution in [2.45, 2.75) is 45.0 Å². The van der Waals surface area contributed by atoms with E-state index in [-0.39, 0.29) is 34.3 Å². The van der Waals surface area contributed by atoms with Gasteiger partial charge in [0, 0.05) is 11.1 Å². The number of hydrogen-bond donors (Lipinski definition) is 1. The standard InChI is InChI=1S/C29H24ClF6NO5/c1-4-40-26(38)25-24(30)22-15-18(7-14-23(22)37(25)19-8-12-20(13-9-19)41-16(2)3)27(39,28(31,32)33)17-5-10-21(11-6-17)42-29(34,35)36/h5-16,39H,4H2,1-3H3. The lowest BCUT2D eigenvalue weighted by atomic mass is 9.85. The number of carbonyl (C=O) groups is 1. The van der Waals surface area contributed by atoms with Crippen LogP contribution in [0.5, 0.6) is 11.5 Å². The third-order valence-electron chi connectivity index (χ3n) is 6.17. The maximum absolute atomic E-state index is 14.5. The zero-order valence-electron chi connectivity index (χ0n) is 22.3. The number of ether oxygens (including phenoxy) is 3. The molecule has 0 amide bonds. The molecule has 224 valence electrons. The van der Waals surface area contributed by atoms with Gasteiger partial charge in [0.1, 0.15) is 11.5 Å². The Balaban J connectivity index is 1.90. The van der Waals surface area contributed by atoms with Gasteiger partial charge < -0.3 is 23.9 Å². The van der Waals surface area contributed by atoms with Crippen LogP contribution in [0.2, 0.25) is 5.02 Å². The van der Waals surface area contributed by atoms with Crippen LogP contribution in [-0.2, 0) is 10.3 Å². The van der Waals surface area contributed by atoms with Gasteiger partial charge in [-0.05, 0) is 80.4 Å². The van der Waals surface area contributed by atoms with Crippen molar-refractivity contribution in [3.05, 3.63) is 88.6 Å². The first kappa shape index (κ1) is 31.0. The average Bonchev–Trinajstić information content (AvgIpc) is 3.19. The predicted octanol–water partition coefficient (Wildman–Crippen LogP) is 7.94. The van der Waals surface area contributed by atoms with Crippen LogP contribution >= 0.6 is 11.6 Å². The molecule has 13 heteroatoms. The number of aliphatic hydroxyl groups is 1. The first-order chi connectivity index (χ1) is 19.6. The van der Waals surface area contributed by atoms with Crippen molar-refractivity contribution in [3.8, 4) is 17.2 Å². The number of esters is 1. The highest BCUT2D eigenvalue weighted by Gasteiger charge is 2.56. The van der Waals surface area contributed by atoms with E-state index in [2.05, 4.69) is 4.74 Å². The normalized spacial score (nSPS) is 13.7. The molecule has 0 aliphatic heterocycles. The number of rotatable bonds is 8. The van der Waals surface area contributed by atoms with Gasteiger partial charge in [0.15, 0.2) is 5.69 Å². The molecular weight excluding hydrogens is 592 g/mol. The van der Waals surface area contributed by atoms with Crippen molar-refractivity contribution in [1.29, 1.82) is 0 Å². The molecule has 3 aromatic carbocycles. The smallest absolute Gasteiger partial charge is 0.491 e. The van der Waals surface area contributed by atoms with Crippen LogP contribution in [0, 0.1) is 0 Å². The molecule has 42 heavy (non-hydrogen) atoms. The summed E-state index contributed by atoms with van der Waals surface area (Å²) in [4.78, 5) is 13.0. The number of benzene rings is 3. The Kier molecular flexibility index (Phi) is 8.43. The predicted molar refractivity (Wildman–Crippen MR) is 142 cm³/mol. The number of alkyl halides is 6. The summed E-state index contributed by atoms with van der Waals surface area (Å²) in [6.45, 7) is 5.25. The third-order valence-corrected chi connectivity index (χ3v) is 6.56. The van der Waals surface area contributed by atoms with E-state index in [1.54, 1.807) is 31.2 Å². The highest BCUT2D eigenvalue weighted by molar-refractivity contribution is 6.38. The molecule has 4 rings (SSSR count). The summed E-state index contributed by atoms with van der Waals surface area (Å²) >= 11 is 6.58. The summed E-state index contributed by atoms with van der Waals surface area (Å²) in [5.74, 6) is -1.07. The number of hydrogen-bond acceptors (Lipinski definition) is 5. The lowest BCUT2D eigenvalue weighted by Gasteiger charge is -2.31. The SMILES string of the molecule is CCOC(=O)c1c(Cl)c2cc(C(O)(c3ccc(OC(F)(F)F)cc3)C(F)(F)F)ccc2n1-c1ccc(OC(C)C)cc1. The van der Waals surface area contributed by atoms with Gasteiger partial charge >= 0.3 is 18.5 Å². The van der Waals surface area contributed by atoms with Crippen molar-refractivity contribution in [1.82, 2.24) is 4.57 Å². The van der Waals surface area contributed by atoms with E-state index < -0.39 is 41.0 Å². The Labute approximate surface area is 241 Å². The van der Waals surface area contributed by atoms with Crippen LogP contribution < -0.4 is 9.47 Å². The fraction of sp³-hybridized carbons (Fsp3) is 0.276. The minimum atomic E-state index is -5.32. The monoisotopic (exact) mass is 615 g/mol. The molecule has 0 saturated carbocycles. The molecule has 0 radical (unpaired) electrons. The third kappa shape index (κ3) is 6.00. The van der Waals surface area contributed by atoms with Crippen molar-refractivity contribution in [2.24, 2.45) is 0 Å². The van der Waals surface area contributed by atoms with E-state index in [0.717, 1.165) is 12.1 Å². The molecule has 4 aromatic rings. The second-order valence-electron chi connectivity index (χ2n) is 9.39.